The van der Waals surface area contributed by atoms with E-state index in [2.05, 4.69) is 92.1 Å². The molecular weight excluding hydrogens is 1100 g/mol. The van der Waals surface area contributed by atoms with Crippen molar-refractivity contribution < 1.29 is 39.8 Å². The van der Waals surface area contributed by atoms with Gasteiger partial charge in [-0.2, -0.15) is 0 Å². The highest BCUT2D eigenvalue weighted by Gasteiger charge is 2.44. The second-order valence-electron chi connectivity index (χ2n) is 26.8. The molecule has 9 nitrogen and oxygen atoms in total. The van der Waals surface area contributed by atoms with Crippen LogP contribution in [0.3, 0.4) is 0 Å². The fraction of sp³-hybridized carbons (Fsp3) is 0.838. The van der Waals surface area contributed by atoms with Crippen molar-refractivity contribution in [1.29, 1.82) is 0 Å². The fourth-order valence-electron chi connectivity index (χ4n) is 12.3. The summed E-state index contributed by atoms with van der Waals surface area (Å²) in [4.78, 5) is 13.2. The Morgan fingerprint density at radius 2 is 0.697 bits per heavy atom. The van der Waals surface area contributed by atoms with E-state index in [0.717, 1.165) is 77.0 Å². The second kappa shape index (κ2) is 68.5. The van der Waals surface area contributed by atoms with Crippen molar-refractivity contribution in [2.45, 2.75) is 416 Å². The standard InChI is InChI=1S/C80H147NO8/c1-3-5-7-9-11-13-15-17-19-21-23-25-27-29-31-33-35-36-37-38-40-42-44-46-48-50-52-54-56-58-60-62-64-66-68-70-76(84)81-73(72-88-80-79(87)78(86)77(85)75(71-82)89-80)74(83)69-67-65-63-61-59-57-55-53-51-49-47-45-43-41-39-34-32-30-28-26-24-22-20-18-16-14-12-10-8-6-4-2/h5,7,11,13,17,19,23,25,29,31,35-36,73-75,77-80,82-83,85-87H,3-4,6,8-10,12,14-16,18,20-22,24,26-28,30,32-34,37-72H2,1-2H3,(H,81,84)/b7-5-,13-11-,19-17-,25-23-,31-29-,36-35-. The Balaban J connectivity index is 2.08. The van der Waals surface area contributed by atoms with Crippen LogP contribution >= 0.6 is 0 Å². The summed E-state index contributed by atoms with van der Waals surface area (Å²) in [5.74, 6) is -0.140. The summed E-state index contributed by atoms with van der Waals surface area (Å²) in [6.45, 7) is 3.77. The third kappa shape index (κ3) is 56.9. The number of hydrogen-bond donors (Lipinski definition) is 6. The summed E-state index contributed by atoms with van der Waals surface area (Å²) in [5.41, 5.74) is 0. The maximum Gasteiger partial charge on any atom is 0.220 e. The topological polar surface area (TPSA) is 149 Å². The molecule has 7 atom stereocenters. The van der Waals surface area contributed by atoms with Gasteiger partial charge in [0, 0.05) is 6.42 Å². The predicted molar refractivity (Wildman–Crippen MR) is 382 cm³/mol. The molecule has 1 aliphatic heterocycles. The van der Waals surface area contributed by atoms with Crippen LogP contribution in [0.4, 0.5) is 0 Å². The zero-order valence-electron chi connectivity index (χ0n) is 58.4. The van der Waals surface area contributed by atoms with Crippen molar-refractivity contribution in [3.05, 3.63) is 72.9 Å². The summed E-state index contributed by atoms with van der Waals surface area (Å²) in [7, 11) is 0. The molecule has 1 fully saturated rings. The highest BCUT2D eigenvalue weighted by molar-refractivity contribution is 5.76. The Morgan fingerprint density at radius 1 is 0.393 bits per heavy atom. The lowest BCUT2D eigenvalue weighted by Gasteiger charge is -2.40. The van der Waals surface area contributed by atoms with Gasteiger partial charge < -0.3 is 40.3 Å². The average molecular weight is 1250 g/mol. The van der Waals surface area contributed by atoms with Gasteiger partial charge in [0.2, 0.25) is 5.91 Å². The van der Waals surface area contributed by atoms with Gasteiger partial charge in [0.25, 0.3) is 0 Å². The first kappa shape index (κ1) is 84.6. The summed E-state index contributed by atoms with van der Waals surface area (Å²) >= 11 is 0. The molecule has 0 bridgehead atoms. The van der Waals surface area contributed by atoms with Crippen LogP contribution in [0, 0.1) is 0 Å². The van der Waals surface area contributed by atoms with Crippen LogP contribution in [0.2, 0.25) is 0 Å². The molecule has 9 heteroatoms. The molecule has 0 spiro atoms. The van der Waals surface area contributed by atoms with Crippen LogP contribution in [0.25, 0.3) is 0 Å². The van der Waals surface area contributed by atoms with Crippen molar-refractivity contribution in [3.63, 3.8) is 0 Å². The number of aliphatic hydroxyl groups excluding tert-OH is 5. The molecular formula is C80H147NO8. The third-order valence-corrected chi connectivity index (χ3v) is 18.3. The van der Waals surface area contributed by atoms with Gasteiger partial charge in [0.05, 0.1) is 25.4 Å². The number of carbonyl (C=O) groups is 1. The minimum absolute atomic E-state index is 0.137. The van der Waals surface area contributed by atoms with Gasteiger partial charge >= 0.3 is 0 Å². The van der Waals surface area contributed by atoms with Gasteiger partial charge in [-0.05, 0) is 64.2 Å². The second-order valence-corrected chi connectivity index (χ2v) is 26.8. The third-order valence-electron chi connectivity index (χ3n) is 18.3. The van der Waals surface area contributed by atoms with E-state index in [1.165, 1.54) is 270 Å². The molecule has 0 aromatic heterocycles. The van der Waals surface area contributed by atoms with Crippen molar-refractivity contribution >= 4 is 5.91 Å². The largest absolute Gasteiger partial charge is 0.394 e. The predicted octanol–water partition coefficient (Wildman–Crippen LogP) is 21.9. The van der Waals surface area contributed by atoms with Gasteiger partial charge in [0.15, 0.2) is 6.29 Å². The van der Waals surface area contributed by atoms with E-state index in [9.17, 15) is 30.3 Å². The van der Waals surface area contributed by atoms with E-state index in [-0.39, 0.29) is 12.5 Å². The quantitative estimate of drug-likeness (QED) is 0.0261. The van der Waals surface area contributed by atoms with Crippen molar-refractivity contribution in [2.75, 3.05) is 13.2 Å². The lowest BCUT2D eigenvalue weighted by Crippen LogP contribution is -2.60. The van der Waals surface area contributed by atoms with Gasteiger partial charge in [-0.1, -0.05) is 376 Å². The molecule has 7 unspecified atom stereocenters. The summed E-state index contributed by atoms with van der Waals surface area (Å²) in [5, 5.41) is 55.1. The first-order chi connectivity index (χ1) is 43.8. The molecule has 1 amide bonds. The normalized spacial score (nSPS) is 18.2. The molecule has 0 radical (unpaired) electrons. The SMILES string of the molecule is CC/C=C\C/C=C\C/C=C\C/C=C\C/C=C\C/C=C\CCCCCCCCCCCCCCCCCCC(=O)NC(COC1OC(CO)C(O)C(O)C1O)C(O)CCCCCCCCCCCCCCCCCCCCCCCCCCCCCCCCC. The highest BCUT2D eigenvalue weighted by atomic mass is 16.7. The maximum atomic E-state index is 13.2. The molecule has 0 aromatic carbocycles. The van der Waals surface area contributed by atoms with Gasteiger partial charge in [-0.15, -0.1) is 0 Å². The lowest BCUT2D eigenvalue weighted by molar-refractivity contribution is -0.302. The number of hydrogen-bond acceptors (Lipinski definition) is 8. The number of ether oxygens (including phenoxy) is 2. The molecule has 0 aromatic rings. The molecule has 0 aliphatic carbocycles. The number of allylic oxidation sites excluding steroid dienone is 12. The van der Waals surface area contributed by atoms with Crippen molar-refractivity contribution in [1.82, 2.24) is 5.32 Å². The Bertz CT molecular complexity index is 1640. The van der Waals surface area contributed by atoms with Crippen LogP contribution in [-0.2, 0) is 14.3 Å². The zero-order chi connectivity index (χ0) is 64.2. The number of unbranched alkanes of at least 4 members (excludes halogenated alkanes) is 46. The van der Waals surface area contributed by atoms with Gasteiger partial charge in [-0.25, -0.2) is 0 Å². The summed E-state index contributed by atoms with van der Waals surface area (Å²) in [6.07, 6.45) is 89.9. The van der Waals surface area contributed by atoms with Crippen LogP contribution in [0.15, 0.2) is 72.9 Å². The van der Waals surface area contributed by atoms with Crippen LogP contribution in [0.1, 0.15) is 373 Å². The Morgan fingerprint density at radius 3 is 1.03 bits per heavy atom. The first-order valence-electron chi connectivity index (χ1n) is 38.6. The van der Waals surface area contributed by atoms with Crippen LogP contribution < -0.4 is 5.32 Å². The molecule has 1 rings (SSSR count). The van der Waals surface area contributed by atoms with E-state index in [4.69, 9.17) is 9.47 Å². The molecule has 0 saturated carbocycles. The lowest BCUT2D eigenvalue weighted by atomic mass is 9.99. The Kier molecular flexibility index (Phi) is 65.1. The van der Waals surface area contributed by atoms with E-state index in [0.29, 0.717) is 12.8 Å². The van der Waals surface area contributed by atoms with Crippen LogP contribution in [0.5, 0.6) is 0 Å². The Hall–Kier alpha value is -2.37. The van der Waals surface area contributed by atoms with E-state index >= 15 is 0 Å². The number of carbonyl (C=O) groups excluding carboxylic acids is 1. The van der Waals surface area contributed by atoms with Crippen LogP contribution in [-0.4, -0.2) is 87.5 Å². The van der Waals surface area contributed by atoms with E-state index < -0.39 is 49.5 Å². The highest BCUT2D eigenvalue weighted by Crippen LogP contribution is 2.24. The van der Waals surface area contributed by atoms with E-state index in [1.54, 1.807) is 0 Å². The average Bonchev–Trinajstić information content (AvgIpc) is 2.28. The van der Waals surface area contributed by atoms with Crippen molar-refractivity contribution in [3.8, 4) is 0 Å². The number of rotatable bonds is 68. The Labute approximate surface area is 550 Å². The maximum absolute atomic E-state index is 13.2. The van der Waals surface area contributed by atoms with Crippen molar-refractivity contribution in [2.24, 2.45) is 0 Å². The first-order valence-corrected chi connectivity index (χ1v) is 38.6. The number of aliphatic hydroxyl groups is 5. The minimum atomic E-state index is -1.56. The summed E-state index contributed by atoms with van der Waals surface area (Å²) < 4.78 is 11.4. The van der Waals surface area contributed by atoms with Gasteiger partial charge in [0.1, 0.15) is 24.4 Å². The number of amides is 1. The fourth-order valence-corrected chi connectivity index (χ4v) is 12.3. The minimum Gasteiger partial charge on any atom is -0.394 e. The monoisotopic (exact) mass is 1250 g/mol. The summed E-state index contributed by atoms with van der Waals surface area (Å²) in [6, 6.07) is -0.724. The number of nitrogens with one attached hydrogen (secondary N) is 1. The molecule has 520 valence electrons. The molecule has 89 heavy (non-hydrogen) atoms. The molecule has 6 N–H and O–H groups in total. The molecule has 1 heterocycles. The van der Waals surface area contributed by atoms with Gasteiger partial charge in [-0.3, -0.25) is 4.79 Å². The van der Waals surface area contributed by atoms with E-state index in [1.807, 2.05) is 0 Å². The molecule has 1 aliphatic rings. The smallest absolute Gasteiger partial charge is 0.220 e. The molecule has 1 saturated heterocycles. The zero-order valence-corrected chi connectivity index (χ0v) is 58.4.